The third-order valence-corrected chi connectivity index (χ3v) is 3.51. The predicted molar refractivity (Wildman–Crippen MR) is 91.2 cm³/mol. The van der Waals surface area contributed by atoms with E-state index in [-0.39, 0.29) is 11.7 Å². The topological polar surface area (TPSA) is 55.4 Å². The third kappa shape index (κ3) is 4.83. The molecule has 4 nitrogen and oxygen atoms in total. The molecule has 2 aromatic carbocycles. The standard InChI is InChI=1S/C18H18ClNO3/c1-3-17(21)13-7-9-16(10-8-13)23-12(2)18(22)20-15-6-4-5-14(19)11-15/h4-12H,3H2,1-2H3,(H,20,22). The Labute approximate surface area is 140 Å². The second-order valence-corrected chi connectivity index (χ2v) is 5.50. The van der Waals surface area contributed by atoms with Crippen LogP contribution in [0.3, 0.4) is 0 Å². The number of ether oxygens (including phenoxy) is 1. The SMILES string of the molecule is CCC(=O)c1ccc(OC(C)C(=O)Nc2cccc(Cl)c2)cc1. The summed E-state index contributed by atoms with van der Waals surface area (Å²) in [7, 11) is 0. The Morgan fingerprint density at radius 3 is 2.48 bits per heavy atom. The smallest absolute Gasteiger partial charge is 0.265 e. The summed E-state index contributed by atoms with van der Waals surface area (Å²) in [6.45, 7) is 3.47. The summed E-state index contributed by atoms with van der Waals surface area (Å²) in [5, 5.41) is 3.29. The number of benzene rings is 2. The van der Waals surface area contributed by atoms with E-state index < -0.39 is 6.10 Å². The lowest BCUT2D eigenvalue weighted by Gasteiger charge is -2.15. The first kappa shape index (κ1) is 17.0. The third-order valence-electron chi connectivity index (χ3n) is 3.27. The van der Waals surface area contributed by atoms with Gasteiger partial charge in [-0.25, -0.2) is 0 Å². The number of anilines is 1. The van der Waals surface area contributed by atoms with Crippen LogP contribution < -0.4 is 10.1 Å². The van der Waals surface area contributed by atoms with Crippen LogP contribution in [0.4, 0.5) is 5.69 Å². The van der Waals surface area contributed by atoms with E-state index in [0.29, 0.717) is 28.4 Å². The first-order valence-corrected chi connectivity index (χ1v) is 7.73. The van der Waals surface area contributed by atoms with Gasteiger partial charge in [-0.2, -0.15) is 0 Å². The number of rotatable bonds is 6. The molecule has 1 unspecified atom stereocenters. The van der Waals surface area contributed by atoms with E-state index in [1.54, 1.807) is 55.5 Å². The molecule has 2 aromatic rings. The van der Waals surface area contributed by atoms with Crippen LogP contribution in [-0.4, -0.2) is 17.8 Å². The van der Waals surface area contributed by atoms with Gasteiger partial charge in [-0.1, -0.05) is 24.6 Å². The maximum atomic E-state index is 12.1. The van der Waals surface area contributed by atoms with Crippen molar-refractivity contribution >= 4 is 29.0 Å². The van der Waals surface area contributed by atoms with Crippen molar-refractivity contribution < 1.29 is 14.3 Å². The molecule has 1 N–H and O–H groups in total. The summed E-state index contributed by atoms with van der Waals surface area (Å²) in [6, 6.07) is 13.7. The van der Waals surface area contributed by atoms with Crippen LogP contribution in [0.15, 0.2) is 48.5 Å². The van der Waals surface area contributed by atoms with Crippen LogP contribution in [0.1, 0.15) is 30.6 Å². The summed E-state index contributed by atoms with van der Waals surface area (Å²) in [6.07, 6.45) is -0.222. The Morgan fingerprint density at radius 1 is 1.17 bits per heavy atom. The van der Waals surface area contributed by atoms with Crippen LogP contribution in [-0.2, 0) is 4.79 Å². The lowest BCUT2D eigenvalue weighted by molar-refractivity contribution is -0.122. The first-order valence-electron chi connectivity index (χ1n) is 7.36. The molecule has 0 spiro atoms. The van der Waals surface area contributed by atoms with Crippen molar-refractivity contribution in [2.24, 2.45) is 0 Å². The van der Waals surface area contributed by atoms with E-state index in [1.165, 1.54) is 0 Å². The van der Waals surface area contributed by atoms with E-state index in [9.17, 15) is 9.59 Å². The number of halogens is 1. The number of carbonyl (C=O) groups excluding carboxylic acids is 2. The molecule has 2 rings (SSSR count). The Hall–Kier alpha value is -2.33. The van der Waals surface area contributed by atoms with Gasteiger partial charge in [-0.15, -0.1) is 0 Å². The van der Waals surface area contributed by atoms with Crippen LogP contribution in [0.2, 0.25) is 5.02 Å². The molecule has 1 amide bonds. The summed E-state index contributed by atoms with van der Waals surface area (Å²) in [4.78, 5) is 23.7. The largest absolute Gasteiger partial charge is 0.481 e. The highest BCUT2D eigenvalue weighted by Crippen LogP contribution is 2.17. The van der Waals surface area contributed by atoms with Crippen molar-refractivity contribution in [2.45, 2.75) is 26.4 Å². The Balaban J connectivity index is 1.96. The van der Waals surface area contributed by atoms with Crippen LogP contribution in [0.5, 0.6) is 5.75 Å². The molecular weight excluding hydrogens is 314 g/mol. The maximum absolute atomic E-state index is 12.1. The first-order chi connectivity index (χ1) is 11.0. The van der Waals surface area contributed by atoms with E-state index in [2.05, 4.69) is 5.32 Å². The second-order valence-electron chi connectivity index (χ2n) is 5.06. The Kier molecular flexibility index (Phi) is 5.77. The maximum Gasteiger partial charge on any atom is 0.265 e. The van der Waals surface area contributed by atoms with Crippen molar-refractivity contribution in [3.05, 3.63) is 59.1 Å². The second kappa shape index (κ2) is 7.79. The van der Waals surface area contributed by atoms with Gasteiger partial charge in [-0.3, -0.25) is 9.59 Å². The van der Waals surface area contributed by atoms with Gasteiger partial charge in [0.2, 0.25) is 0 Å². The zero-order chi connectivity index (χ0) is 16.8. The number of ketones is 1. The van der Waals surface area contributed by atoms with E-state index >= 15 is 0 Å². The minimum atomic E-state index is -0.679. The van der Waals surface area contributed by atoms with Crippen LogP contribution >= 0.6 is 11.6 Å². The average molecular weight is 332 g/mol. The number of Topliss-reactive ketones (excluding diaryl/α,β-unsaturated/α-hetero) is 1. The summed E-state index contributed by atoms with van der Waals surface area (Å²) < 4.78 is 5.59. The van der Waals surface area contributed by atoms with Crippen molar-refractivity contribution in [1.82, 2.24) is 0 Å². The lowest BCUT2D eigenvalue weighted by atomic mass is 10.1. The van der Waals surface area contributed by atoms with Gasteiger partial charge in [0.15, 0.2) is 11.9 Å². The highest BCUT2D eigenvalue weighted by atomic mass is 35.5. The molecule has 0 radical (unpaired) electrons. The summed E-state index contributed by atoms with van der Waals surface area (Å²) in [5.74, 6) is 0.329. The van der Waals surface area contributed by atoms with Crippen molar-refractivity contribution in [2.75, 3.05) is 5.32 Å². The van der Waals surface area contributed by atoms with E-state index in [1.807, 2.05) is 6.92 Å². The molecule has 5 heteroatoms. The minimum absolute atomic E-state index is 0.0725. The Bertz CT molecular complexity index is 698. The van der Waals surface area contributed by atoms with Gasteiger partial charge in [0.25, 0.3) is 5.91 Å². The fourth-order valence-corrected chi connectivity index (χ4v) is 2.18. The highest BCUT2D eigenvalue weighted by Gasteiger charge is 2.15. The van der Waals surface area contributed by atoms with Crippen molar-refractivity contribution in [3.63, 3.8) is 0 Å². The molecule has 1 atom stereocenters. The molecule has 0 heterocycles. The number of amides is 1. The molecule has 0 saturated heterocycles. The van der Waals surface area contributed by atoms with Gasteiger partial charge >= 0.3 is 0 Å². The molecule has 0 aliphatic carbocycles. The van der Waals surface area contributed by atoms with Crippen LogP contribution in [0, 0.1) is 0 Å². The molecule has 0 aliphatic rings. The highest BCUT2D eigenvalue weighted by molar-refractivity contribution is 6.30. The lowest BCUT2D eigenvalue weighted by Crippen LogP contribution is -2.30. The molecule has 0 aromatic heterocycles. The fourth-order valence-electron chi connectivity index (χ4n) is 1.99. The average Bonchev–Trinajstić information content (AvgIpc) is 2.54. The summed E-state index contributed by atoms with van der Waals surface area (Å²) >= 11 is 5.88. The number of hydrogen-bond acceptors (Lipinski definition) is 3. The molecule has 23 heavy (non-hydrogen) atoms. The molecule has 120 valence electrons. The minimum Gasteiger partial charge on any atom is -0.481 e. The van der Waals surface area contributed by atoms with Gasteiger partial charge in [-0.05, 0) is 49.4 Å². The molecule has 0 saturated carbocycles. The number of carbonyl (C=O) groups is 2. The normalized spacial score (nSPS) is 11.6. The Morgan fingerprint density at radius 2 is 1.87 bits per heavy atom. The molecular formula is C18H18ClNO3. The van der Waals surface area contributed by atoms with Crippen molar-refractivity contribution in [3.8, 4) is 5.75 Å². The van der Waals surface area contributed by atoms with Gasteiger partial charge in [0.05, 0.1) is 0 Å². The van der Waals surface area contributed by atoms with Gasteiger partial charge in [0.1, 0.15) is 5.75 Å². The fraction of sp³-hybridized carbons (Fsp3) is 0.222. The molecule has 0 aliphatic heterocycles. The van der Waals surface area contributed by atoms with Gasteiger partial charge < -0.3 is 10.1 Å². The van der Waals surface area contributed by atoms with E-state index in [0.717, 1.165) is 0 Å². The van der Waals surface area contributed by atoms with E-state index in [4.69, 9.17) is 16.3 Å². The number of hydrogen-bond donors (Lipinski definition) is 1. The number of nitrogens with one attached hydrogen (secondary N) is 1. The van der Waals surface area contributed by atoms with Crippen LogP contribution in [0.25, 0.3) is 0 Å². The zero-order valence-electron chi connectivity index (χ0n) is 13.0. The van der Waals surface area contributed by atoms with Gasteiger partial charge in [0, 0.05) is 22.7 Å². The van der Waals surface area contributed by atoms with Crippen molar-refractivity contribution in [1.29, 1.82) is 0 Å². The zero-order valence-corrected chi connectivity index (χ0v) is 13.8. The monoisotopic (exact) mass is 331 g/mol. The summed E-state index contributed by atoms with van der Waals surface area (Å²) in [5.41, 5.74) is 1.25. The quantitative estimate of drug-likeness (QED) is 0.801. The molecule has 0 bridgehead atoms. The predicted octanol–water partition coefficient (Wildman–Crippen LogP) is 4.34. The molecule has 0 fully saturated rings.